The molecule has 7 heteroatoms. The number of nitrogens with zero attached hydrogens (tertiary/aromatic N) is 4. The van der Waals surface area contributed by atoms with Crippen molar-refractivity contribution < 1.29 is 14.3 Å². The molecule has 0 saturated heterocycles. The van der Waals surface area contributed by atoms with E-state index in [1.54, 1.807) is 24.4 Å². The molecule has 1 N–H and O–H groups in total. The molecule has 2 heterocycles. The molecule has 0 atom stereocenters. The predicted octanol–water partition coefficient (Wildman–Crippen LogP) is 3.59. The number of hydrogen-bond donors (Lipinski definition) is 1. The van der Waals surface area contributed by atoms with Crippen molar-refractivity contribution in [3.8, 4) is 0 Å². The van der Waals surface area contributed by atoms with Gasteiger partial charge in [-0.2, -0.15) is 0 Å². The molecule has 0 saturated carbocycles. The molecule has 0 spiro atoms. The van der Waals surface area contributed by atoms with Crippen LogP contribution in [0.15, 0.2) is 58.9 Å². The Morgan fingerprint density at radius 3 is 2.62 bits per heavy atom. The largest absolute Gasteiger partial charge is 0.476 e. The Bertz CT molecular complexity index is 840. The third-order valence-corrected chi connectivity index (χ3v) is 2.79. The number of rotatable bonds is 3. The lowest BCUT2D eigenvalue weighted by atomic mass is 10.3. The molecule has 21 heavy (non-hydrogen) atoms. The summed E-state index contributed by atoms with van der Waals surface area (Å²) in [4.78, 5) is 15.2. The number of halogens is 1. The highest BCUT2D eigenvalue weighted by Crippen LogP contribution is 2.24. The van der Waals surface area contributed by atoms with Crippen LogP contribution in [0.1, 0.15) is 10.5 Å². The number of pyridine rings is 1. The highest BCUT2D eigenvalue weighted by atomic mass is 19.1. The predicted molar refractivity (Wildman–Crippen MR) is 72.7 cm³/mol. The summed E-state index contributed by atoms with van der Waals surface area (Å²) < 4.78 is 14.3. The molecule has 0 radical (unpaired) electrons. The summed E-state index contributed by atoms with van der Waals surface area (Å²) in [6.45, 7) is 0. The number of aromatic nitrogens is 2. The number of aromatic carboxylic acids is 1. The fourth-order valence-electron chi connectivity index (χ4n) is 1.83. The lowest BCUT2D eigenvalue weighted by Gasteiger charge is -1.96. The van der Waals surface area contributed by atoms with Crippen LogP contribution in [0, 0.1) is 5.82 Å². The molecule has 3 aromatic rings. The third kappa shape index (κ3) is 2.48. The van der Waals surface area contributed by atoms with Crippen molar-refractivity contribution in [1.29, 1.82) is 0 Å². The van der Waals surface area contributed by atoms with Crippen LogP contribution < -0.4 is 0 Å². The molecule has 3 rings (SSSR count). The highest BCUT2D eigenvalue weighted by molar-refractivity contribution is 5.91. The summed E-state index contributed by atoms with van der Waals surface area (Å²) in [6, 6.07) is 10.5. The van der Waals surface area contributed by atoms with E-state index in [4.69, 9.17) is 0 Å². The van der Waals surface area contributed by atoms with E-state index in [1.807, 2.05) is 0 Å². The molecule has 6 nitrogen and oxygen atoms in total. The Balaban J connectivity index is 2.08. The summed E-state index contributed by atoms with van der Waals surface area (Å²) in [5, 5.41) is 17.0. The molecular formula is C14H9FN4O2. The Hall–Kier alpha value is -3.09. The zero-order chi connectivity index (χ0) is 14.8. The van der Waals surface area contributed by atoms with E-state index in [-0.39, 0.29) is 17.3 Å². The van der Waals surface area contributed by atoms with Crippen molar-refractivity contribution in [2.24, 2.45) is 10.2 Å². The minimum absolute atomic E-state index is 0.113. The van der Waals surface area contributed by atoms with E-state index in [1.165, 1.54) is 28.7 Å². The van der Waals surface area contributed by atoms with Crippen LogP contribution in [0.25, 0.3) is 5.65 Å². The number of hydrogen-bond acceptors (Lipinski definition) is 4. The molecule has 0 bridgehead atoms. The Morgan fingerprint density at radius 1 is 1.14 bits per heavy atom. The van der Waals surface area contributed by atoms with Crippen LogP contribution in [0.3, 0.4) is 0 Å². The first-order chi connectivity index (χ1) is 10.1. The van der Waals surface area contributed by atoms with Crippen molar-refractivity contribution >= 4 is 23.1 Å². The molecule has 2 aromatic heterocycles. The number of carbonyl (C=O) groups is 1. The molecule has 0 fully saturated rings. The fourth-order valence-corrected chi connectivity index (χ4v) is 1.83. The van der Waals surface area contributed by atoms with Gasteiger partial charge in [0.25, 0.3) is 0 Å². The number of carboxylic acids is 1. The molecule has 1 aromatic carbocycles. The minimum atomic E-state index is -1.19. The first kappa shape index (κ1) is 12.9. The van der Waals surface area contributed by atoms with Gasteiger partial charge in [0, 0.05) is 6.20 Å². The van der Waals surface area contributed by atoms with Gasteiger partial charge in [-0.3, -0.25) is 4.40 Å². The second-order valence-electron chi connectivity index (χ2n) is 4.19. The summed E-state index contributed by atoms with van der Waals surface area (Å²) in [6.07, 6.45) is 1.65. The zero-order valence-corrected chi connectivity index (χ0v) is 10.6. The van der Waals surface area contributed by atoms with Gasteiger partial charge in [-0.1, -0.05) is 6.07 Å². The smallest absolute Gasteiger partial charge is 0.358 e. The van der Waals surface area contributed by atoms with Gasteiger partial charge < -0.3 is 5.11 Å². The zero-order valence-electron chi connectivity index (χ0n) is 10.6. The van der Waals surface area contributed by atoms with Crippen LogP contribution >= 0.6 is 0 Å². The number of azo groups is 1. The minimum Gasteiger partial charge on any atom is -0.476 e. The van der Waals surface area contributed by atoms with Gasteiger partial charge >= 0.3 is 5.97 Å². The van der Waals surface area contributed by atoms with Gasteiger partial charge in [0.2, 0.25) is 0 Å². The number of benzene rings is 1. The molecule has 0 aliphatic heterocycles. The van der Waals surface area contributed by atoms with E-state index in [9.17, 15) is 14.3 Å². The second-order valence-corrected chi connectivity index (χ2v) is 4.19. The fraction of sp³-hybridized carbons (Fsp3) is 0. The van der Waals surface area contributed by atoms with Crippen LogP contribution in [0.5, 0.6) is 0 Å². The normalized spacial score (nSPS) is 11.3. The summed E-state index contributed by atoms with van der Waals surface area (Å²) in [7, 11) is 0. The van der Waals surface area contributed by atoms with Crippen LogP contribution in [-0.4, -0.2) is 20.5 Å². The van der Waals surface area contributed by atoms with Crippen LogP contribution in [0.4, 0.5) is 15.9 Å². The van der Waals surface area contributed by atoms with Crippen molar-refractivity contribution in [3.05, 3.63) is 60.2 Å². The van der Waals surface area contributed by atoms with Gasteiger partial charge in [-0.15, -0.1) is 10.2 Å². The van der Waals surface area contributed by atoms with Crippen LogP contribution in [0.2, 0.25) is 0 Å². The molecule has 0 amide bonds. The van der Waals surface area contributed by atoms with Crippen molar-refractivity contribution in [3.63, 3.8) is 0 Å². The lowest BCUT2D eigenvalue weighted by molar-refractivity contribution is 0.0692. The molecule has 0 unspecified atom stereocenters. The standard InChI is InChI=1S/C14H9FN4O2/c15-9-4-6-10(7-5-9)17-18-13-12(14(20)21)16-11-3-1-2-8-19(11)13/h1-8H,(H,20,21). The number of carboxylic acid groups (broad SMARTS) is 1. The van der Waals surface area contributed by atoms with Crippen molar-refractivity contribution in [2.45, 2.75) is 0 Å². The number of fused-ring (bicyclic) bond motifs is 1. The van der Waals surface area contributed by atoms with E-state index < -0.39 is 5.97 Å². The summed E-state index contributed by atoms with van der Waals surface area (Å²) in [5.41, 5.74) is 0.689. The third-order valence-electron chi connectivity index (χ3n) is 2.79. The van der Waals surface area contributed by atoms with E-state index in [0.29, 0.717) is 11.3 Å². The SMILES string of the molecule is O=C(O)c1nc2ccccn2c1N=Nc1ccc(F)cc1. The molecule has 104 valence electrons. The molecule has 0 aliphatic carbocycles. The summed E-state index contributed by atoms with van der Waals surface area (Å²) in [5.74, 6) is -1.45. The lowest BCUT2D eigenvalue weighted by Crippen LogP contribution is -1.96. The summed E-state index contributed by atoms with van der Waals surface area (Å²) >= 11 is 0. The first-order valence-electron chi connectivity index (χ1n) is 6.03. The average Bonchev–Trinajstić information content (AvgIpc) is 2.86. The van der Waals surface area contributed by atoms with Crippen LogP contribution in [-0.2, 0) is 0 Å². The Kier molecular flexibility index (Phi) is 3.15. The highest BCUT2D eigenvalue weighted by Gasteiger charge is 2.17. The van der Waals surface area contributed by atoms with Gasteiger partial charge in [0.15, 0.2) is 11.5 Å². The number of imidazole rings is 1. The quantitative estimate of drug-likeness (QED) is 0.746. The van der Waals surface area contributed by atoms with Crippen molar-refractivity contribution in [2.75, 3.05) is 0 Å². The second kappa shape index (κ2) is 5.12. The Labute approximate surface area is 118 Å². The monoisotopic (exact) mass is 284 g/mol. The van der Waals surface area contributed by atoms with Gasteiger partial charge in [-0.25, -0.2) is 14.2 Å². The maximum absolute atomic E-state index is 12.8. The van der Waals surface area contributed by atoms with Gasteiger partial charge in [0.1, 0.15) is 11.5 Å². The first-order valence-corrected chi connectivity index (χ1v) is 6.03. The Morgan fingerprint density at radius 2 is 1.90 bits per heavy atom. The van der Waals surface area contributed by atoms with E-state index >= 15 is 0 Å². The van der Waals surface area contributed by atoms with E-state index in [2.05, 4.69) is 15.2 Å². The van der Waals surface area contributed by atoms with E-state index in [0.717, 1.165) is 0 Å². The topological polar surface area (TPSA) is 79.3 Å². The maximum Gasteiger partial charge on any atom is 0.358 e. The average molecular weight is 284 g/mol. The molecule has 0 aliphatic rings. The van der Waals surface area contributed by atoms with Crippen molar-refractivity contribution in [1.82, 2.24) is 9.38 Å². The molecular weight excluding hydrogens is 275 g/mol. The van der Waals surface area contributed by atoms with Gasteiger partial charge in [-0.05, 0) is 36.4 Å². The maximum atomic E-state index is 12.8. The van der Waals surface area contributed by atoms with Gasteiger partial charge in [0.05, 0.1) is 5.69 Å².